The summed E-state index contributed by atoms with van der Waals surface area (Å²) >= 11 is 0. The lowest BCUT2D eigenvalue weighted by molar-refractivity contribution is 1.18. The van der Waals surface area contributed by atoms with Crippen LogP contribution in [0, 0.1) is 0 Å². The molecule has 10 rings (SSSR count). The predicted octanol–water partition coefficient (Wildman–Crippen LogP) is 15.6. The van der Waals surface area contributed by atoms with Crippen LogP contribution in [0.1, 0.15) is 0 Å². The van der Waals surface area contributed by atoms with Crippen molar-refractivity contribution in [2.45, 2.75) is 0 Å². The average Bonchev–Trinajstić information content (AvgIpc) is 3.36. The van der Waals surface area contributed by atoms with Gasteiger partial charge in [-0.05, 0) is 87.0 Å². The van der Waals surface area contributed by atoms with Crippen LogP contribution in [0.4, 0.5) is 17.1 Å². The van der Waals surface area contributed by atoms with Crippen molar-refractivity contribution in [1.29, 1.82) is 0 Å². The van der Waals surface area contributed by atoms with E-state index in [4.69, 9.17) is 9.97 Å². The molecule has 1 aromatic heterocycles. The first kappa shape index (κ1) is 37.2. The summed E-state index contributed by atoms with van der Waals surface area (Å²) in [5, 5.41) is 0. The zero-order valence-electron chi connectivity index (χ0n) is 33.5. The van der Waals surface area contributed by atoms with E-state index in [-0.39, 0.29) is 0 Å². The maximum Gasteiger partial charge on any atom is 0.160 e. The summed E-state index contributed by atoms with van der Waals surface area (Å²) in [6, 6.07) is 87.6. The first-order valence-electron chi connectivity index (χ1n) is 20.6. The average molecular weight is 780 g/mol. The largest absolute Gasteiger partial charge is 0.311 e. The molecule has 0 spiro atoms. The SMILES string of the molecule is c1ccc(-c2ccc(-c3ccc(N(c4ccccc4)c4ccc(-c5ccc(-c6cc(-c7ccc(-c8ccccc8)cc7)nc(-c7ccccc7)n6)cc5)cc4)cc3)cc2)cc1. The number of aromatic nitrogens is 2. The van der Waals surface area contributed by atoms with E-state index in [1.165, 1.54) is 33.4 Å². The molecule has 0 atom stereocenters. The van der Waals surface area contributed by atoms with Crippen LogP contribution in [0.2, 0.25) is 0 Å². The van der Waals surface area contributed by atoms with Gasteiger partial charge in [0.15, 0.2) is 5.82 Å². The van der Waals surface area contributed by atoms with Gasteiger partial charge in [0.25, 0.3) is 0 Å². The van der Waals surface area contributed by atoms with Crippen molar-refractivity contribution in [3.05, 3.63) is 249 Å². The number of hydrogen-bond acceptors (Lipinski definition) is 3. The molecule has 0 saturated heterocycles. The van der Waals surface area contributed by atoms with Gasteiger partial charge >= 0.3 is 0 Å². The fourth-order valence-electron chi connectivity index (χ4n) is 7.87. The fraction of sp³-hybridized carbons (Fsp3) is 0. The fourth-order valence-corrected chi connectivity index (χ4v) is 7.87. The Hall–Kier alpha value is -8.14. The normalized spacial score (nSPS) is 11.0. The van der Waals surface area contributed by atoms with E-state index in [9.17, 15) is 0 Å². The van der Waals surface area contributed by atoms with Gasteiger partial charge in [-0.2, -0.15) is 0 Å². The molecule has 0 radical (unpaired) electrons. The Morgan fingerprint density at radius 3 is 0.803 bits per heavy atom. The Labute approximate surface area is 357 Å². The van der Waals surface area contributed by atoms with E-state index in [0.717, 1.165) is 56.3 Å². The number of anilines is 3. The minimum atomic E-state index is 0.704. The van der Waals surface area contributed by atoms with Crippen molar-refractivity contribution < 1.29 is 0 Å². The van der Waals surface area contributed by atoms with Gasteiger partial charge in [0.2, 0.25) is 0 Å². The molecule has 3 heteroatoms. The zero-order chi connectivity index (χ0) is 40.8. The van der Waals surface area contributed by atoms with Crippen LogP contribution in [-0.4, -0.2) is 9.97 Å². The number of rotatable bonds is 10. The van der Waals surface area contributed by atoms with E-state index >= 15 is 0 Å². The minimum absolute atomic E-state index is 0.704. The van der Waals surface area contributed by atoms with Crippen LogP contribution in [0.5, 0.6) is 0 Å². The van der Waals surface area contributed by atoms with Crippen molar-refractivity contribution in [2.75, 3.05) is 4.90 Å². The standard InChI is InChI=1S/C58H41N3/c1-5-13-42(14-6-1)44-21-23-46(24-22-44)48-33-37-54(38-34-48)61(53-19-11-4-12-20-53)55-39-35-49(36-40-55)47-27-31-51(32-28-47)57-41-56(59-58(60-57)52-17-9-3-10-18-52)50-29-25-45(26-30-50)43-15-7-2-8-16-43/h1-41H. The van der Waals surface area contributed by atoms with Gasteiger partial charge in [0.1, 0.15) is 0 Å². The van der Waals surface area contributed by atoms with Gasteiger partial charge in [-0.1, -0.05) is 206 Å². The number of benzene rings is 9. The second kappa shape index (κ2) is 17.0. The molecule has 61 heavy (non-hydrogen) atoms. The molecule has 0 bridgehead atoms. The first-order chi connectivity index (χ1) is 30.2. The van der Waals surface area contributed by atoms with E-state index in [1.54, 1.807) is 0 Å². The van der Waals surface area contributed by atoms with Gasteiger partial charge in [0, 0.05) is 33.8 Å². The lowest BCUT2D eigenvalue weighted by Crippen LogP contribution is -2.09. The van der Waals surface area contributed by atoms with Crippen molar-refractivity contribution in [2.24, 2.45) is 0 Å². The van der Waals surface area contributed by atoms with Crippen molar-refractivity contribution in [1.82, 2.24) is 9.97 Å². The molecule has 10 aromatic rings. The van der Waals surface area contributed by atoms with Crippen molar-refractivity contribution in [3.63, 3.8) is 0 Å². The Morgan fingerprint density at radius 1 is 0.213 bits per heavy atom. The topological polar surface area (TPSA) is 29.0 Å². The van der Waals surface area contributed by atoms with E-state index < -0.39 is 0 Å². The summed E-state index contributed by atoms with van der Waals surface area (Å²) < 4.78 is 0. The van der Waals surface area contributed by atoms with Crippen LogP contribution >= 0.6 is 0 Å². The van der Waals surface area contributed by atoms with Crippen LogP contribution in [-0.2, 0) is 0 Å². The molecule has 9 aromatic carbocycles. The highest BCUT2D eigenvalue weighted by Gasteiger charge is 2.15. The summed E-state index contributed by atoms with van der Waals surface area (Å²) in [4.78, 5) is 12.4. The second-order valence-corrected chi connectivity index (χ2v) is 15.1. The van der Waals surface area contributed by atoms with Crippen LogP contribution in [0.3, 0.4) is 0 Å². The smallest absolute Gasteiger partial charge is 0.160 e. The molecular weight excluding hydrogens is 739 g/mol. The molecule has 0 fully saturated rings. The molecule has 0 aliphatic carbocycles. The lowest BCUT2D eigenvalue weighted by Gasteiger charge is -2.26. The Bertz CT molecular complexity index is 2990. The summed E-state index contributed by atoms with van der Waals surface area (Å²) in [6.45, 7) is 0. The highest BCUT2D eigenvalue weighted by atomic mass is 15.1. The quantitative estimate of drug-likeness (QED) is 0.138. The van der Waals surface area contributed by atoms with Crippen molar-refractivity contribution in [3.8, 4) is 78.4 Å². The summed E-state index contributed by atoms with van der Waals surface area (Å²) in [5.74, 6) is 0.704. The maximum absolute atomic E-state index is 5.08. The Morgan fingerprint density at radius 2 is 0.459 bits per heavy atom. The molecule has 288 valence electrons. The van der Waals surface area contributed by atoms with Crippen LogP contribution in [0.25, 0.3) is 78.4 Å². The Kier molecular flexibility index (Phi) is 10.3. The molecule has 0 saturated carbocycles. The van der Waals surface area contributed by atoms with E-state index in [0.29, 0.717) is 5.82 Å². The molecule has 3 nitrogen and oxygen atoms in total. The summed E-state index contributed by atoms with van der Waals surface area (Å²) in [7, 11) is 0. The molecular formula is C58H41N3. The van der Waals surface area contributed by atoms with Gasteiger partial charge in [-0.3, -0.25) is 0 Å². The number of hydrogen-bond donors (Lipinski definition) is 0. The summed E-state index contributed by atoms with van der Waals surface area (Å²) in [5.41, 5.74) is 17.6. The summed E-state index contributed by atoms with van der Waals surface area (Å²) in [6.07, 6.45) is 0. The highest BCUT2D eigenvalue weighted by molar-refractivity contribution is 5.81. The molecule has 1 heterocycles. The highest BCUT2D eigenvalue weighted by Crippen LogP contribution is 2.37. The molecule has 0 amide bonds. The lowest BCUT2D eigenvalue weighted by atomic mass is 9.99. The second-order valence-electron chi connectivity index (χ2n) is 15.1. The van der Waals surface area contributed by atoms with Crippen molar-refractivity contribution >= 4 is 17.1 Å². The third-order valence-electron chi connectivity index (χ3n) is 11.2. The van der Waals surface area contributed by atoms with E-state index in [1.807, 2.05) is 24.3 Å². The predicted molar refractivity (Wildman–Crippen MR) is 255 cm³/mol. The van der Waals surface area contributed by atoms with E-state index in [2.05, 4.69) is 229 Å². The van der Waals surface area contributed by atoms with Gasteiger partial charge in [0.05, 0.1) is 11.4 Å². The molecule has 0 unspecified atom stereocenters. The Balaban J connectivity index is 0.915. The first-order valence-corrected chi connectivity index (χ1v) is 20.6. The minimum Gasteiger partial charge on any atom is -0.311 e. The monoisotopic (exact) mass is 779 g/mol. The number of para-hydroxylation sites is 1. The third kappa shape index (κ3) is 8.14. The van der Waals surface area contributed by atoms with Gasteiger partial charge in [-0.15, -0.1) is 0 Å². The molecule has 0 aliphatic heterocycles. The molecule has 0 N–H and O–H groups in total. The third-order valence-corrected chi connectivity index (χ3v) is 11.2. The number of nitrogens with zero attached hydrogens (tertiary/aromatic N) is 3. The zero-order valence-corrected chi connectivity index (χ0v) is 33.5. The van der Waals surface area contributed by atoms with Crippen LogP contribution in [0.15, 0.2) is 249 Å². The van der Waals surface area contributed by atoms with Gasteiger partial charge in [-0.25, -0.2) is 9.97 Å². The maximum atomic E-state index is 5.08. The van der Waals surface area contributed by atoms with Gasteiger partial charge < -0.3 is 4.90 Å². The van der Waals surface area contributed by atoms with Crippen LogP contribution < -0.4 is 4.90 Å². The molecule has 0 aliphatic rings.